The van der Waals surface area contributed by atoms with E-state index < -0.39 is 5.97 Å². The number of aromatic nitrogens is 4. The zero-order valence-electron chi connectivity index (χ0n) is 19.9. The zero-order valence-corrected chi connectivity index (χ0v) is 20.6. The quantitative estimate of drug-likeness (QED) is 0.252. The normalized spacial score (nSPS) is 10.8. The minimum atomic E-state index is -1.20. The molecule has 4 rings (SSSR count). The summed E-state index contributed by atoms with van der Waals surface area (Å²) < 4.78 is 17.8. The highest BCUT2D eigenvalue weighted by Gasteiger charge is 2.17. The van der Waals surface area contributed by atoms with Gasteiger partial charge in [0.25, 0.3) is 0 Å². The Hall–Kier alpha value is -4.38. The molecule has 2 aromatic carbocycles. The van der Waals surface area contributed by atoms with Crippen LogP contribution in [0.25, 0.3) is 11.3 Å². The van der Waals surface area contributed by atoms with Gasteiger partial charge in [0, 0.05) is 29.7 Å². The summed E-state index contributed by atoms with van der Waals surface area (Å²) in [5.41, 5.74) is 1.57. The second-order valence-electron chi connectivity index (χ2n) is 8.02. The molecule has 1 amide bonds. The van der Waals surface area contributed by atoms with E-state index in [0.717, 1.165) is 17.9 Å². The number of carbonyl (C=O) groups is 2. The van der Waals surface area contributed by atoms with Crippen molar-refractivity contribution in [2.24, 2.45) is 0 Å². The number of nitrogens with zero attached hydrogens (tertiary/aromatic N) is 4. The van der Waals surface area contributed by atoms with Crippen LogP contribution in [0.2, 0.25) is 5.02 Å². The first-order chi connectivity index (χ1) is 17.9. The van der Waals surface area contributed by atoms with Crippen LogP contribution in [0.15, 0.2) is 59.3 Å². The summed E-state index contributed by atoms with van der Waals surface area (Å²) in [7, 11) is 1.59. The molecule has 0 atom stereocenters. The minimum absolute atomic E-state index is 0.0566. The number of nitrogens with one attached hydrogen (secondary N) is 1. The van der Waals surface area contributed by atoms with Crippen LogP contribution in [-0.4, -0.2) is 44.2 Å². The van der Waals surface area contributed by atoms with Gasteiger partial charge >= 0.3 is 5.97 Å². The summed E-state index contributed by atoms with van der Waals surface area (Å²) in [4.78, 5) is 23.3. The summed E-state index contributed by atoms with van der Waals surface area (Å²) in [6.07, 6.45) is 3.60. The Morgan fingerprint density at radius 1 is 1.14 bits per heavy atom. The van der Waals surface area contributed by atoms with Crippen molar-refractivity contribution in [2.45, 2.75) is 32.4 Å². The van der Waals surface area contributed by atoms with Gasteiger partial charge in [-0.1, -0.05) is 22.0 Å². The van der Waals surface area contributed by atoms with Crippen LogP contribution in [-0.2, 0) is 17.9 Å². The predicted molar refractivity (Wildman–Crippen MR) is 134 cm³/mol. The third-order valence-electron chi connectivity index (χ3n) is 5.31. The molecule has 0 bridgehead atoms. The van der Waals surface area contributed by atoms with Crippen molar-refractivity contribution in [1.82, 2.24) is 20.2 Å². The summed E-state index contributed by atoms with van der Waals surface area (Å²) in [5, 5.41) is 24.1. The number of aryl methyl sites for hydroxylation is 1. The lowest BCUT2D eigenvalue weighted by atomic mass is 10.1. The van der Waals surface area contributed by atoms with Gasteiger partial charge in [-0.2, -0.15) is 0 Å². The summed E-state index contributed by atoms with van der Waals surface area (Å²) in [6.45, 7) is 0.726. The molecule has 192 valence electrons. The van der Waals surface area contributed by atoms with Crippen LogP contribution < -0.4 is 14.8 Å². The van der Waals surface area contributed by atoms with Gasteiger partial charge in [-0.3, -0.25) is 9.48 Å². The zero-order chi connectivity index (χ0) is 26.2. The van der Waals surface area contributed by atoms with Crippen LogP contribution in [0.3, 0.4) is 0 Å². The number of carboxylic acid groups (broad SMARTS) is 1. The van der Waals surface area contributed by atoms with Crippen LogP contribution in [0, 0.1) is 0 Å². The molecule has 0 saturated heterocycles. The van der Waals surface area contributed by atoms with E-state index in [0.29, 0.717) is 41.4 Å². The van der Waals surface area contributed by atoms with Gasteiger partial charge in [-0.15, -0.1) is 5.10 Å². The fraction of sp³-hybridized carbons (Fsp3) is 0.240. The Labute approximate surface area is 216 Å². The van der Waals surface area contributed by atoms with E-state index in [1.165, 1.54) is 6.07 Å². The topological polar surface area (TPSA) is 142 Å². The van der Waals surface area contributed by atoms with Crippen LogP contribution >= 0.6 is 11.6 Å². The molecule has 2 heterocycles. The van der Waals surface area contributed by atoms with E-state index in [4.69, 9.17) is 30.7 Å². The summed E-state index contributed by atoms with van der Waals surface area (Å²) in [5.74, 6) is 0.116. The van der Waals surface area contributed by atoms with E-state index in [2.05, 4.69) is 20.8 Å². The smallest absolute Gasteiger partial charge is 0.358 e. The highest BCUT2D eigenvalue weighted by molar-refractivity contribution is 6.31. The number of benzene rings is 2. The van der Waals surface area contributed by atoms with Gasteiger partial charge in [0.1, 0.15) is 23.8 Å². The van der Waals surface area contributed by atoms with Gasteiger partial charge in [0.15, 0.2) is 11.5 Å². The lowest BCUT2D eigenvalue weighted by Gasteiger charge is -2.08. The fourth-order valence-corrected chi connectivity index (χ4v) is 3.62. The molecule has 0 fully saturated rings. The van der Waals surface area contributed by atoms with Crippen molar-refractivity contribution in [1.29, 1.82) is 0 Å². The highest BCUT2D eigenvalue weighted by Crippen LogP contribution is 2.33. The molecule has 0 spiro atoms. The number of anilines is 1. The SMILES string of the molecule is COc1ccc(NC(=O)CCCCn2cc(COc3ccc(Cl)cc3-c3cc(C(=O)O)no3)nn2)cc1. The number of hydrogen-bond acceptors (Lipinski definition) is 8. The fourth-order valence-electron chi connectivity index (χ4n) is 3.45. The van der Waals surface area contributed by atoms with Crippen LogP contribution in [0.1, 0.15) is 35.4 Å². The van der Waals surface area contributed by atoms with E-state index in [9.17, 15) is 9.59 Å². The molecule has 0 aliphatic rings. The molecule has 2 N–H and O–H groups in total. The predicted octanol–water partition coefficient (Wildman–Crippen LogP) is 4.68. The Morgan fingerprint density at radius 3 is 2.68 bits per heavy atom. The first-order valence-corrected chi connectivity index (χ1v) is 11.7. The first-order valence-electron chi connectivity index (χ1n) is 11.4. The molecule has 2 aromatic heterocycles. The largest absolute Gasteiger partial charge is 0.497 e. The standard InChI is InChI=1S/C25H24ClN5O6/c1-35-19-8-6-17(7-9-19)27-24(32)4-2-3-11-31-14-18(28-30-31)15-36-22-10-5-16(26)12-20(22)23-13-21(25(33)34)29-37-23/h5-10,12-14H,2-4,11,15H2,1H3,(H,27,32)(H,33,34). The van der Waals surface area contributed by atoms with Crippen molar-refractivity contribution in [2.75, 3.05) is 12.4 Å². The molecular formula is C25H24ClN5O6. The first kappa shape index (κ1) is 25.7. The second kappa shape index (κ2) is 12.0. The Bertz CT molecular complexity index is 1370. The average Bonchev–Trinajstić information content (AvgIpc) is 3.56. The molecule has 0 aliphatic carbocycles. The Kier molecular flexibility index (Phi) is 8.37. The molecule has 4 aromatic rings. The molecule has 12 heteroatoms. The second-order valence-corrected chi connectivity index (χ2v) is 8.45. The highest BCUT2D eigenvalue weighted by atomic mass is 35.5. The summed E-state index contributed by atoms with van der Waals surface area (Å²) >= 11 is 6.10. The molecule has 0 radical (unpaired) electrons. The van der Waals surface area contributed by atoms with E-state index in [-0.39, 0.29) is 24.0 Å². The molecule has 11 nitrogen and oxygen atoms in total. The van der Waals surface area contributed by atoms with Crippen LogP contribution in [0.4, 0.5) is 5.69 Å². The number of methoxy groups -OCH3 is 1. The van der Waals surface area contributed by atoms with Gasteiger partial charge in [-0.25, -0.2) is 4.79 Å². The molecule has 0 aliphatic heterocycles. The molecule has 0 unspecified atom stereocenters. The van der Waals surface area contributed by atoms with Crippen molar-refractivity contribution in [3.63, 3.8) is 0 Å². The maximum absolute atomic E-state index is 12.1. The number of unbranched alkanes of at least 4 members (excludes halogenated alkanes) is 1. The number of carbonyl (C=O) groups excluding carboxylic acids is 1. The lowest BCUT2D eigenvalue weighted by Crippen LogP contribution is -2.11. The monoisotopic (exact) mass is 525 g/mol. The number of carboxylic acids is 1. The molecule has 0 saturated carbocycles. The molecular weight excluding hydrogens is 502 g/mol. The van der Waals surface area contributed by atoms with Gasteiger partial charge in [-0.05, 0) is 55.3 Å². The Morgan fingerprint density at radius 2 is 1.95 bits per heavy atom. The third kappa shape index (κ3) is 7.07. The number of hydrogen-bond donors (Lipinski definition) is 2. The van der Waals surface area contributed by atoms with Crippen molar-refractivity contribution >= 4 is 29.2 Å². The van der Waals surface area contributed by atoms with Crippen molar-refractivity contribution < 1.29 is 28.7 Å². The number of amides is 1. The minimum Gasteiger partial charge on any atom is -0.497 e. The maximum Gasteiger partial charge on any atom is 0.358 e. The average molecular weight is 526 g/mol. The number of ether oxygens (including phenoxy) is 2. The van der Waals surface area contributed by atoms with Gasteiger partial charge in [0.2, 0.25) is 5.91 Å². The van der Waals surface area contributed by atoms with E-state index in [1.54, 1.807) is 60.5 Å². The summed E-state index contributed by atoms with van der Waals surface area (Å²) in [6, 6.07) is 13.4. The van der Waals surface area contributed by atoms with Crippen LogP contribution in [0.5, 0.6) is 11.5 Å². The lowest BCUT2D eigenvalue weighted by molar-refractivity contribution is -0.116. The maximum atomic E-state index is 12.1. The van der Waals surface area contributed by atoms with Crippen molar-refractivity contribution in [3.8, 4) is 22.8 Å². The Balaban J connectivity index is 1.25. The van der Waals surface area contributed by atoms with E-state index >= 15 is 0 Å². The molecule has 37 heavy (non-hydrogen) atoms. The van der Waals surface area contributed by atoms with E-state index in [1.807, 2.05) is 0 Å². The number of aromatic carboxylic acids is 1. The third-order valence-corrected chi connectivity index (χ3v) is 5.55. The number of rotatable bonds is 12. The number of halogens is 1. The van der Waals surface area contributed by atoms with Gasteiger partial charge < -0.3 is 24.4 Å². The van der Waals surface area contributed by atoms with Gasteiger partial charge in [0.05, 0.1) is 18.9 Å². The van der Waals surface area contributed by atoms with Crippen molar-refractivity contribution in [3.05, 3.63) is 71.1 Å².